The van der Waals surface area contributed by atoms with E-state index in [1.807, 2.05) is 0 Å². The Morgan fingerprint density at radius 3 is 2.76 bits per heavy atom. The molecule has 0 fully saturated rings. The fourth-order valence-corrected chi connectivity index (χ4v) is 1.83. The van der Waals surface area contributed by atoms with E-state index in [-0.39, 0.29) is 5.78 Å². The summed E-state index contributed by atoms with van der Waals surface area (Å²) >= 11 is 11.7. The summed E-state index contributed by atoms with van der Waals surface area (Å²) in [5.74, 6) is -0.259. The highest BCUT2D eigenvalue weighted by Crippen LogP contribution is 2.29. The number of aliphatic hydroxyl groups is 1. The number of rotatable bonds is 2. The molecule has 0 aliphatic carbocycles. The Bertz CT molecular complexity index is 504. The molecule has 0 aromatic heterocycles. The van der Waals surface area contributed by atoms with Crippen LogP contribution in [0, 0.1) is 0 Å². The molecular weight excluding hydrogens is 267 g/mol. The summed E-state index contributed by atoms with van der Waals surface area (Å²) in [7, 11) is 0. The molecule has 17 heavy (non-hydrogen) atoms. The van der Waals surface area contributed by atoms with Crippen molar-refractivity contribution in [3.63, 3.8) is 0 Å². The number of carbonyl (C=O) groups excluding carboxylic acids is 1. The predicted molar refractivity (Wildman–Crippen MR) is 60.4 cm³/mol. The molecule has 0 amide bonds. The summed E-state index contributed by atoms with van der Waals surface area (Å²) < 4.78 is 1.27. The molecule has 5 nitrogen and oxygen atoms in total. The van der Waals surface area contributed by atoms with E-state index >= 15 is 0 Å². The van der Waals surface area contributed by atoms with Crippen LogP contribution in [0.4, 0.5) is 5.69 Å². The summed E-state index contributed by atoms with van der Waals surface area (Å²) in [6.07, 6.45) is -1.28. The molecule has 0 saturated heterocycles. The third kappa shape index (κ3) is 2.26. The van der Waals surface area contributed by atoms with Crippen LogP contribution in [0.1, 0.15) is 6.92 Å². The van der Waals surface area contributed by atoms with Gasteiger partial charge in [-0.05, 0) is 10.8 Å². The van der Waals surface area contributed by atoms with Gasteiger partial charge in [-0.15, -0.1) is 0 Å². The molecule has 2 unspecified atom stereocenters. The first-order chi connectivity index (χ1) is 8.00. The van der Waals surface area contributed by atoms with Gasteiger partial charge in [-0.3, -0.25) is 4.79 Å². The third-order valence-electron chi connectivity index (χ3n) is 2.36. The van der Waals surface area contributed by atoms with E-state index in [4.69, 9.17) is 23.2 Å². The number of Topliss-reactive ketones (excluding diaryl/α,β-unsaturated/α-hetero) is 1. The van der Waals surface area contributed by atoms with Crippen molar-refractivity contribution in [3.8, 4) is 0 Å². The van der Waals surface area contributed by atoms with E-state index in [1.54, 1.807) is 18.2 Å². The predicted octanol–water partition coefficient (Wildman–Crippen LogP) is 2.31. The lowest BCUT2D eigenvalue weighted by Crippen LogP contribution is -2.35. The van der Waals surface area contributed by atoms with Crippen LogP contribution in [0.25, 0.3) is 0 Å². The fraction of sp³-hybridized carbons (Fsp3) is 0.300. The molecule has 90 valence electrons. The number of ketones is 1. The topological polar surface area (TPSA) is 61.9 Å². The lowest BCUT2D eigenvalue weighted by Gasteiger charge is -2.04. The zero-order valence-electron chi connectivity index (χ0n) is 8.80. The van der Waals surface area contributed by atoms with Crippen LogP contribution in [-0.4, -0.2) is 27.9 Å². The molecule has 1 aromatic carbocycles. The van der Waals surface area contributed by atoms with Gasteiger partial charge in [0.1, 0.15) is 0 Å². The maximum absolute atomic E-state index is 11.4. The van der Waals surface area contributed by atoms with E-state index < -0.39 is 12.3 Å². The molecule has 0 bridgehead atoms. The second kappa shape index (κ2) is 4.60. The van der Waals surface area contributed by atoms with Crippen LogP contribution in [0.3, 0.4) is 0 Å². The highest BCUT2D eigenvalue weighted by atomic mass is 35.5. The average molecular weight is 276 g/mol. The van der Waals surface area contributed by atoms with Crippen LogP contribution < -0.4 is 0 Å². The smallest absolute Gasteiger partial charge is 0.308 e. The summed E-state index contributed by atoms with van der Waals surface area (Å²) in [5, 5.41) is 13.8. The maximum Gasteiger partial charge on any atom is 0.308 e. The number of hydrogen-bond donors (Lipinski definition) is 1. The Morgan fingerprint density at radius 1 is 1.47 bits per heavy atom. The van der Waals surface area contributed by atoms with Gasteiger partial charge in [0, 0.05) is 19.1 Å². The van der Waals surface area contributed by atoms with E-state index in [2.05, 4.69) is 10.1 Å². The number of benzene rings is 1. The van der Waals surface area contributed by atoms with Gasteiger partial charge in [-0.2, -0.15) is 0 Å². The highest BCUT2D eigenvalue weighted by Gasteiger charge is 2.45. The molecule has 7 heteroatoms. The normalized spacial score (nSPS) is 23.2. The summed E-state index contributed by atoms with van der Waals surface area (Å²) in [5.41, 5.74) is 0.524. The van der Waals surface area contributed by atoms with Crippen molar-refractivity contribution in [2.75, 3.05) is 0 Å². The van der Waals surface area contributed by atoms with Gasteiger partial charge in [0.15, 0.2) is 5.28 Å². The Balaban J connectivity index is 2.39. The molecule has 0 saturated carbocycles. The molecule has 1 aliphatic rings. The maximum atomic E-state index is 11.4. The van der Waals surface area contributed by atoms with Crippen molar-refractivity contribution in [1.82, 2.24) is 0 Å². The van der Waals surface area contributed by atoms with Crippen LogP contribution in [0.5, 0.6) is 0 Å². The van der Waals surface area contributed by atoms with Crippen molar-refractivity contribution in [1.29, 1.82) is 0 Å². The van der Waals surface area contributed by atoms with Crippen molar-refractivity contribution in [3.05, 3.63) is 28.2 Å². The second-order valence-electron chi connectivity index (χ2n) is 3.58. The molecule has 1 aromatic rings. The Labute approximate surface area is 107 Å². The van der Waals surface area contributed by atoms with Gasteiger partial charge in [-0.1, -0.05) is 23.2 Å². The largest absolute Gasteiger partial charge is 0.351 e. The van der Waals surface area contributed by atoms with Crippen molar-refractivity contribution >= 4 is 34.7 Å². The Morgan fingerprint density at radius 2 is 2.18 bits per heavy atom. The molecule has 0 spiro atoms. The first-order valence-electron chi connectivity index (χ1n) is 4.80. The quantitative estimate of drug-likeness (QED) is 0.843. The Hall–Kier alpha value is -1.17. The van der Waals surface area contributed by atoms with Gasteiger partial charge in [-0.25, -0.2) is 0 Å². The Kier molecular flexibility index (Phi) is 3.33. The lowest BCUT2D eigenvalue weighted by atomic mass is 10.2. The minimum absolute atomic E-state index is 0.259. The first-order valence-corrected chi connectivity index (χ1v) is 5.56. The minimum Gasteiger partial charge on any atom is -0.351 e. The summed E-state index contributed by atoms with van der Waals surface area (Å²) in [6.45, 7) is 1.35. The molecule has 2 atom stereocenters. The van der Waals surface area contributed by atoms with Crippen molar-refractivity contribution in [2.24, 2.45) is 5.28 Å². The second-order valence-corrected chi connectivity index (χ2v) is 4.39. The number of hydrogen-bond acceptors (Lipinski definition) is 4. The molecule has 0 radical (unpaired) electrons. The van der Waals surface area contributed by atoms with Crippen molar-refractivity contribution in [2.45, 2.75) is 19.3 Å². The van der Waals surface area contributed by atoms with Gasteiger partial charge in [0.25, 0.3) is 0 Å². The van der Waals surface area contributed by atoms with E-state index in [1.165, 1.54) is 11.6 Å². The number of aliphatic hydroxyl groups excluding tert-OH is 1. The van der Waals surface area contributed by atoms with Gasteiger partial charge >= 0.3 is 12.3 Å². The SMILES string of the molecule is CC(=O)C1C(O)ON=[N+]1c1ccc(Cl)c(Cl)c1. The van der Waals surface area contributed by atoms with Crippen LogP contribution in [-0.2, 0) is 9.63 Å². The van der Waals surface area contributed by atoms with Gasteiger partial charge in [0.05, 0.1) is 10.0 Å². The van der Waals surface area contributed by atoms with Crippen LogP contribution in [0.2, 0.25) is 10.0 Å². The molecule has 2 rings (SSSR count). The zero-order chi connectivity index (χ0) is 12.6. The molecule has 1 heterocycles. The number of halogens is 2. The number of carbonyl (C=O) groups is 1. The highest BCUT2D eigenvalue weighted by molar-refractivity contribution is 6.42. The minimum atomic E-state index is -1.28. The van der Waals surface area contributed by atoms with E-state index in [9.17, 15) is 9.90 Å². The fourth-order valence-electron chi connectivity index (χ4n) is 1.54. The lowest BCUT2D eigenvalue weighted by molar-refractivity contribution is -0.533. The summed E-state index contributed by atoms with van der Waals surface area (Å²) in [4.78, 5) is 16.1. The average Bonchev–Trinajstić information content (AvgIpc) is 2.64. The number of nitrogens with zero attached hydrogens (tertiary/aromatic N) is 2. The van der Waals surface area contributed by atoms with Crippen molar-refractivity contribution < 1.29 is 19.4 Å². The van der Waals surface area contributed by atoms with E-state index in [0.29, 0.717) is 15.7 Å². The van der Waals surface area contributed by atoms with Gasteiger partial charge < -0.3 is 9.94 Å². The molecule has 1 aliphatic heterocycles. The van der Waals surface area contributed by atoms with Crippen LogP contribution >= 0.6 is 23.2 Å². The monoisotopic (exact) mass is 275 g/mol. The molecule has 1 N–H and O–H groups in total. The van der Waals surface area contributed by atoms with Gasteiger partial charge in [0.2, 0.25) is 11.5 Å². The molecular formula is C10H9Cl2N2O3+. The summed E-state index contributed by atoms with van der Waals surface area (Å²) in [6, 6.07) is 3.89. The third-order valence-corrected chi connectivity index (χ3v) is 3.10. The van der Waals surface area contributed by atoms with Crippen LogP contribution in [0.15, 0.2) is 23.5 Å². The van der Waals surface area contributed by atoms with E-state index in [0.717, 1.165) is 0 Å². The first kappa shape index (κ1) is 12.3. The zero-order valence-corrected chi connectivity index (χ0v) is 10.3. The standard InChI is InChI=1S/C10H9Cl2N2O3/c1-5(15)9-10(16)17-13-14(9)6-2-3-7(11)8(12)4-6/h2-4,9-10,16H,1H3/q+1.